The van der Waals surface area contributed by atoms with Crippen molar-refractivity contribution in [3.63, 3.8) is 0 Å². The molecule has 3 nitrogen and oxygen atoms in total. The van der Waals surface area contributed by atoms with Crippen molar-refractivity contribution in [2.75, 3.05) is 26.5 Å². The van der Waals surface area contributed by atoms with Crippen LogP contribution < -0.4 is 4.74 Å². The first-order valence-electron chi connectivity index (χ1n) is 7.45. The second-order valence-corrected chi connectivity index (χ2v) is 6.32. The Labute approximate surface area is 141 Å². The fraction of sp³-hybridized carbons (Fsp3) is 0.333. The molecule has 0 aromatic heterocycles. The van der Waals surface area contributed by atoms with E-state index in [1.165, 1.54) is 16.5 Å². The molecular weight excluding hydrogens is 313 g/mol. The van der Waals surface area contributed by atoms with Crippen LogP contribution in [0.2, 0.25) is 0 Å². The van der Waals surface area contributed by atoms with Crippen molar-refractivity contribution < 1.29 is 14.2 Å². The third-order valence-corrected chi connectivity index (χ3v) is 4.15. The highest BCUT2D eigenvalue weighted by Gasteiger charge is 2.11. The number of ether oxygens (including phenoxy) is 1. The van der Waals surface area contributed by atoms with Crippen LogP contribution in [0.15, 0.2) is 53.4 Å². The van der Waals surface area contributed by atoms with E-state index in [1.807, 2.05) is 18.2 Å². The van der Waals surface area contributed by atoms with E-state index >= 15 is 0 Å². The molecule has 2 aromatic rings. The van der Waals surface area contributed by atoms with Gasteiger partial charge in [-0.2, -0.15) is 0 Å². The van der Waals surface area contributed by atoms with E-state index < -0.39 is 11.9 Å². The highest BCUT2D eigenvalue weighted by molar-refractivity contribution is 7.98. The van der Waals surface area contributed by atoms with Crippen molar-refractivity contribution in [2.24, 2.45) is 0 Å². The summed E-state index contributed by atoms with van der Waals surface area (Å²) in [5.41, 5.74) is 1.19. The predicted molar refractivity (Wildman–Crippen MR) is 92.5 cm³/mol. The fourth-order valence-electron chi connectivity index (χ4n) is 2.27. The Balaban J connectivity index is 1.77. The Hall–Kier alpha value is -1.56. The van der Waals surface area contributed by atoms with Crippen molar-refractivity contribution in [1.82, 2.24) is 4.90 Å². The molecule has 0 aliphatic rings. The first-order valence-corrected chi connectivity index (χ1v) is 8.68. The second-order valence-electron chi connectivity index (χ2n) is 5.44. The lowest BCUT2D eigenvalue weighted by molar-refractivity contribution is 0.0728. The molecule has 0 bridgehead atoms. The van der Waals surface area contributed by atoms with Crippen LogP contribution in [0, 0.1) is 5.82 Å². The quantitative estimate of drug-likeness (QED) is 0.749. The summed E-state index contributed by atoms with van der Waals surface area (Å²) in [6.45, 7) is 1.26. The van der Waals surface area contributed by atoms with E-state index in [2.05, 4.69) is 24.3 Å². The molecular formula is C18H22FNO2S. The number of para-hydroxylation sites is 1. The van der Waals surface area contributed by atoms with E-state index in [0.29, 0.717) is 6.54 Å². The Morgan fingerprint density at radius 3 is 2.52 bits per heavy atom. The van der Waals surface area contributed by atoms with Crippen LogP contribution in [-0.2, 0) is 6.54 Å². The minimum atomic E-state index is -0.676. The number of nitrogens with zero attached hydrogens (tertiary/aromatic N) is 1. The zero-order chi connectivity index (χ0) is 16.7. The van der Waals surface area contributed by atoms with Crippen LogP contribution in [0.3, 0.4) is 0 Å². The molecule has 0 aliphatic carbocycles. The van der Waals surface area contributed by atoms with Gasteiger partial charge in [0.1, 0.15) is 12.7 Å². The second kappa shape index (κ2) is 8.91. The first-order chi connectivity index (χ1) is 11.1. The molecule has 0 amide bonds. The van der Waals surface area contributed by atoms with Crippen LogP contribution in [0.4, 0.5) is 4.39 Å². The molecule has 2 aromatic carbocycles. The lowest BCUT2D eigenvalue weighted by Crippen LogP contribution is -2.32. The Bertz CT molecular complexity index is 606. The third kappa shape index (κ3) is 5.86. The molecule has 0 saturated heterocycles. The lowest BCUT2D eigenvalue weighted by Gasteiger charge is -2.21. The molecule has 0 spiro atoms. The normalized spacial score (nSPS) is 12.4. The minimum absolute atomic E-state index is 0.0662. The number of hydrogen-bond acceptors (Lipinski definition) is 4. The highest BCUT2D eigenvalue weighted by Crippen LogP contribution is 2.17. The summed E-state index contributed by atoms with van der Waals surface area (Å²) < 4.78 is 18.8. The van der Waals surface area contributed by atoms with Crippen molar-refractivity contribution >= 4 is 11.8 Å². The van der Waals surface area contributed by atoms with Gasteiger partial charge in [0, 0.05) is 18.0 Å². The zero-order valence-electron chi connectivity index (χ0n) is 13.4. The van der Waals surface area contributed by atoms with Gasteiger partial charge in [-0.1, -0.05) is 24.3 Å². The molecule has 0 radical (unpaired) electrons. The highest BCUT2D eigenvalue weighted by atomic mass is 32.2. The Kier molecular flexibility index (Phi) is 6.89. The first kappa shape index (κ1) is 17.8. The standard InChI is InChI=1S/C18H22FNO2S/c1-20(11-14-7-9-16(23-2)10-8-14)12-15(21)13-22-18-6-4-3-5-17(18)19/h3-10,15,21H,11-13H2,1-2H3. The average Bonchev–Trinajstić information content (AvgIpc) is 2.54. The Morgan fingerprint density at radius 2 is 1.87 bits per heavy atom. The number of hydrogen-bond donors (Lipinski definition) is 1. The van der Waals surface area contributed by atoms with Gasteiger partial charge in [0.15, 0.2) is 11.6 Å². The molecule has 23 heavy (non-hydrogen) atoms. The molecule has 1 atom stereocenters. The SMILES string of the molecule is CSc1ccc(CN(C)CC(O)COc2ccccc2F)cc1. The predicted octanol–water partition coefficient (Wildman–Crippen LogP) is 3.42. The van der Waals surface area contributed by atoms with Crippen LogP contribution in [0.5, 0.6) is 5.75 Å². The molecule has 0 aliphatic heterocycles. The number of benzene rings is 2. The van der Waals surface area contributed by atoms with E-state index in [9.17, 15) is 9.50 Å². The largest absolute Gasteiger partial charge is 0.488 e. The van der Waals surface area contributed by atoms with Gasteiger partial charge in [-0.25, -0.2) is 4.39 Å². The summed E-state index contributed by atoms with van der Waals surface area (Å²) in [5, 5.41) is 10.0. The molecule has 0 saturated carbocycles. The van der Waals surface area contributed by atoms with Crippen LogP contribution >= 0.6 is 11.8 Å². The van der Waals surface area contributed by atoms with Crippen LogP contribution in [-0.4, -0.2) is 42.6 Å². The minimum Gasteiger partial charge on any atom is -0.488 e. The molecule has 124 valence electrons. The maximum absolute atomic E-state index is 13.4. The maximum Gasteiger partial charge on any atom is 0.165 e. The summed E-state index contributed by atoms with van der Waals surface area (Å²) in [6.07, 6.45) is 1.37. The fourth-order valence-corrected chi connectivity index (χ4v) is 2.68. The van der Waals surface area contributed by atoms with E-state index in [0.717, 1.165) is 6.54 Å². The van der Waals surface area contributed by atoms with Gasteiger partial charge >= 0.3 is 0 Å². The van der Waals surface area contributed by atoms with Gasteiger partial charge in [0.25, 0.3) is 0 Å². The van der Waals surface area contributed by atoms with Crippen LogP contribution in [0.1, 0.15) is 5.56 Å². The number of aliphatic hydroxyl groups is 1. The van der Waals surface area contributed by atoms with E-state index in [1.54, 1.807) is 30.0 Å². The van der Waals surface area contributed by atoms with E-state index in [4.69, 9.17) is 4.74 Å². The maximum atomic E-state index is 13.4. The van der Waals surface area contributed by atoms with Crippen molar-refractivity contribution in [2.45, 2.75) is 17.5 Å². The number of aliphatic hydroxyl groups excluding tert-OH is 1. The summed E-state index contributed by atoms with van der Waals surface area (Å²) >= 11 is 1.71. The zero-order valence-corrected chi connectivity index (χ0v) is 14.2. The molecule has 2 rings (SSSR count). The molecule has 0 fully saturated rings. The van der Waals surface area contributed by atoms with Crippen LogP contribution in [0.25, 0.3) is 0 Å². The number of likely N-dealkylation sites (N-methyl/N-ethyl adjacent to an activating group) is 1. The molecule has 5 heteroatoms. The monoisotopic (exact) mass is 335 g/mol. The summed E-state index contributed by atoms with van der Waals surface area (Å²) in [7, 11) is 1.94. The Morgan fingerprint density at radius 1 is 1.17 bits per heavy atom. The summed E-state index contributed by atoms with van der Waals surface area (Å²) in [4.78, 5) is 3.25. The van der Waals surface area contributed by atoms with E-state index in [-0.39, 0.29) is 12.4 Å². The van der Waals surface area contributed by atoms with Gasteiger partial charge in [-0.05, 0) is 43.1 Å². The molecule has 1 unspecified atom stereocenters. The van der Waals surface area contributed by atoms with Crippen molar-refractivity contribution in [3.05, 3.63) is 59.9 Å². The van der Waals surface area contributed by atoms with Gasteiger partial charge in [0.2, 0.25) is 0 Å². The lowest BCUT2D eigenvalue weighted by atomic mass is 10.2. The number of thioether (sulfide) groups is 1. The van der Waals surface area contributed by atoms with Crippen molar-refractivity contribution in [1.29, 1.82) is 0 Å². The average molecular weight is 335 g/mol. The molecule has 1 N–H and O–H groups in total. The summed E-state index contributed by atoms with van der Waals surface area (Å²) in [5.74, 6) is -0.246. The molecule has 0 heterocycles. The van der Waals surface area contributed by atoms with Gasteiger partial charge in [0.05, 0.1) is 0 Å². The number of rotatable bonds is 8. The third-order valence-electron chi connectivity index (χ3n) is 3.40. The van der Waals surface area contributed by atoms with Crippen molar-refractivity contribution in [3.8, 4) is 5.75 Å². The van der Waals surface area contributed by atoms with Gasteiger partial charge in [-0.15, -0.1) is 11.8 Å². The number of halogens is 1. The topological polar surface area (TPSA) is 32.7 Å². The van der Waals surface area contributed by atoms with Gasteiger partial charge < -0.3 is 9.84 Å². The van der Waals surface area contributed by atoms with Gasteiger partial charge in [-0.3, -0.25) is 4.90 Å². The smallest absolute Gasteiger partial charge is 0.165 e. The summed E-state index contributed by atoms with van der Waals surface area (Å²) in [6, 6.07) is 14.6.